The molecule has 2 aromatic heterocycles. The third-order valence-electron chi connectivity index (χ3n) is 1.15. The van der Waals surface area contributed by atoms with E-state index in [1.165, 1.54) is 0 Å². The van der Waals surface area contributed by atoms with Gasteiger partial charge < -0.3 is 0 Å². The molecule has 0 aromatic carbocycles. The Labute approximate surface area is 75.5 Å². The van der Waals surface area contributed by atoms with Crippen molar-refractivity contribution in [1.29, 1.82) is 0 Å². The Kier molecular flexibility index (Phi) is 1.57. The fourth-order valence-corrected chi connectivity index (χ4v) is 2.06. The standard InChI is InChI=1S/C6H3IN2S/c7-4-1-5-6(8-2-4)9-3-10-5/h1-3H. The molecule has 0 fully saturated rings. The zero-order chi connectivity index (χ0) is 6.97. The van der Waals surface area contributed by atoms with E-state index >= 15 is 0 Å². The quantitative estimate of drug-likeness (QED) is 0.681. The molecule has 0 aliphatic heterocycles. The van der Waals surface area contributed by atoms with Gasteiger partial charge in [-0.1, -0.05) is 0 Å². The Bertz CT molecular complexity index is 357. The van der Waals surface area contributed by atoms with Crippen LogP contribution in [0, 0.1) is 3.57 Å². The van der Waals surface area contributed by atoms with Crippen LogP contribution < -0.4 is 0 Å². The van der Waals surface area contributed by atoms with Crippen molar-refractivity contribution in [3.05, 3.63) is 21.3 Å². The van der Waals surface area contributed by atoms with Crippen molar-refractivity contribution >= 4 is 44.3 Å². The molecular formula is C6H3IN2S. The molecule has 0 aliphatic rings. The second-order valence-corrected chi connectivity index (χ2v) is 3.96. The summed E-state index contributed by atoms with van der Waals surface area (Å²) in [4.78, 5) is 8.20. The van der Waals surface area contributed by atoms with Crippen LogP contribution in [0.5, 0.6) is 0 Å². The molecule has 2 aromatic rings. The second kappa shape index (κ2) is 2.43. The van der Waals surface area contributed by atoms with Gasteiger partial charge in [-0.3, -0.25) is 0 Å². The molecule has 2 nitrogen and oxygen atoms in total. The summed E-state index contributed by atoms with van der Waals surface area (Å²) in [6, 6.07) is 2.08. The first-order valence-corrected chi connectivity index (χ1v) is 4.67. The maximum Gasteiger partial charge on any atom is 0.170 e. The van der Waals surface area contributed by atoms with E-state index in [9.17, 15) is 0 Å². The molecule has 0 bridgehead atoms. The molecule has 0 saturated heterocycles. The van der Waals surface area contributed by atoms with Gasteiger partial charge in [0, 0.05) is 9.77 Å². The van der Waals surface area contributed by atoms with Crippen LogP contribution in [0.4, 0.5) is 0 Å². The summed E-state index contributed by atoms with van der Waals surface area (Å²) < 4.78 is 2.32. The van der Waals surface area contributed by atoms with E-state index in [4.69, 9.17) is 0 Å². The fourth-order valence-electron chi connectivity index (χ4n) is 0.730. The van der Waals surface area contributed by atoms with Crippen LogP contribution in [0.1, 0.15) is 0 Å². The van der Waals surface area contributed by atoms with Gasteiger partial charge in [-0.05, 0) is 28.7 Å². The number of thiazole rings is 1. The van der Waals surface area contributed by atoms with Crippen molar-refractivity contribution in [2.24, 2.45) is 0 Å². The van der Waals surface area contributed by atoms with Crippen LogP contribution in [0.3, 0.4) is 0 Å². The summed E-state index contributed by atoms with van der Waals surface area (Å²) in [5.74, 6) is 0. The van der Waals surface area contributed by atoms with Crippen LogP contribution >= 0.6 is 33.9 Å². The largest absolute Gasteiger partial charge is 0.235 e. The van der Waals surface area contributed by atoms with E-state index in [-0.39, 0.29) is 0 Å². The Morgan fingerprint density at radius 1 is 1.40 bits per heavy atom. The van der Waals surface area contributed by atoms with Crippen molar-refractivity contribution in [1.82, 2.24) is 9.97 Å². The summed E-state index contributed by atoms with van der Waals surface area (Å²) in [6.45, 7) is 0. The lowest BCUT2D eigenvalue weighted by Crippen LogP contribution is -1.75. The molecule has 2 heterocycles. The summed E-state index contributed by atoms with van der Waals surface area (Å²) in [7, 11) is 0. The Hall–Kier alpha value is -0.230. The molecule has 0 radical (unpaired) electrons. The highest BCUT2D eigenvalue weighted by molar-refractivity contribution is 14.1. The van der Waals surface area contributed by atoms with Crippen molar-refractivity contribution in [3.63, 3.8) is 0 Å². The number of fused-ring (bicyclic) bond motifs is 1. The molecule has 2 rings (SSSR count). The maximum absolute atomic E-state index is 4.13. The first-order chi connectivity index (χ1) is 4.86. The number of pyridine rings is 1. The number of nitrogens with zero attached hydrogens (tertiary/aromatic N) is 2. The van der Waals surface area contributed by atoms with E-state index in [1.54, 1.807) is 11.3 Å². The number of hydrogen-bond donors (Lipinski definition) is 0. The van der Waals surface area contributed by atoms with Gasteiger partial charge in [-0.25, -0.2) is 9.97 Å². The van der Waals surface area contributed by atoms with Gasteiger partial charge in [0.2, 0.25) is 0 Å². The molecular weight excluding hydrogens is 259 g/mol. The lowest BCUT2D eigenvalue weighted by atomic mass is 10.5. The first kappa shape index (κ1) is 6.48. The highest BCUT2D eigenvalue weighted by Crippen LogP contribution is 2.16. The number of rotatable bonds is 0. The van der Waals surface area contributed by atoms with E-state index in [1.807, 2.05) is 11.7 Å². The van der Waals surface area contributed by atoms with E-state index in [2.05, 4.69) is 38.6 Å². The SMILES string of the molecule is Ic1cnc2ncsc2c1. The van der Waals surface area contributed by atoms with Gasteiger partial charge in [0.1, 0.15) is 0 Å². The highest BCUT2D eigenvalue weighted by Gasteiger charge is 1.95. The van der Waals surface area contributed by atoms with Crippen LogP contribution in [-0.4, -0.2) is 9.97 Å². The van der Waals surface area contributed by atoms with Crippen molar-refractivity contribution in [3.8, 4) is 0 Å². The Morgan fingerprint density at radius 2 is 2.30 bits per heavy atom. The summed E-state index contributed by atoms with van der Waals surface area (Å²) in [5.41, 5.74) is 2.67. The normalized spacial score (nSPS) is 10.5. The number of halogens is 1. The van der Waals surface area contributed by atoms with Crippen LogP contribution in [0.15, 0.2) is 17.8 Å². The molecule has 10 heavy (non-hydrogen) atoms. The first-order valence-electron chi connectivity index (χ1n) is 2.71. The zero-order valence-corrected chi connectivity index (χ0v) is 7.89. The monoisotopic (exact) mass is 262 g/mol. The van der Waals surface area contributed by atoms with Gasteiger partial charge in [0.25, 0.3) is 0 Å². The topological polar surface area (TPSA) is 25.8 Å². The average molecular weight is 262 g/mol. The lowest BCUT2D eigenvalue weighted by molar-refractivity contribution is 1.31. The average Bonchev–Trinajstić information content (AvgIpc) is 2.33. The third kappa shape index (κ3) is 1.01. The molecule has 0 aliphatic carbocycles. The third-order valence-corrected chi connectivity index (χ3v) is 2.51. The van der Waals surface area contributed by atoms with Gasteiger partial charge in [-0.2, -0.15) is 0 Å². The van der Waals surface area contributed by atoms with Crippen LogP contribution in [0.25, 0.3) is 10.3 Å². The molecule has 0 spiro atoms. The molecule has 50 valence electrons. The molecule has 0 atom stereocenters. The molecule has 0 amide bonds. The molecule has 0 saturated carbocycles. The van der Waals surface area contributed by atoms with Gasteiger partial charge in [0.15, 0.2) is 5.65 Å². The Balaban J connectivity index is 2.86. The van der Waals surface area contributed by atoms with E-state index in [0.717, 1.165) is 13.9 Å². The van der Waals surface area contributed by atoms with Crippen molar-refractivity contribution < 1.29 is 0 Å². The second-order valence-electron chi connectivity index (χ2n) is 1.83. The minimum absolute atomic E-state index is 0.852. The van der Waals surface area contributed by atoms with E-state index < -0.39 is 0 Å². The minimum atomic E-state index is 0.852. The van der Waals surface area contributed by atoms with Crippen molar-refractivity contribution in [2.75, 3.05) is 0 Å². The lowest BCUT2D eigenvalue weighted by Gasteiger charge is -1.86. The van der Waals surface area contributed by atoms with Gasteiger partial charge in [0.05, 0.1) is 10.2 Å². The Morgan fingerprint density at radius 3 is 3.20 bits per heavy atom. The fraction of sp³-hybridized carbons (Fsp3) is 0. The summed E-state index contributed by atoms with van der Waals surface area (Å²) in [5, 5.41) is 0. The van der Waals surface area contributed by atoms with Crippen LogP contribution in [0.2, 0.25) is 0 Å². The highest BCUT2D eigenvalue weighted by atomic mass is 127. The minimum Gasteiger partial charge on any atom is -0.235 e. The number of hydrogen-bond acceptors (Lipinski definition) is 3. The summed E-state index contributed by atoms with van der Waals surface area (Å²) >= 11 is 3.86. The maximum atomic E-state index is 4.13. The van der Waals surface area contributed by atoms with Crippen LogP contribution in [-0.2, 0) is 0 Å². The molecule has 0 unspecified atom stereocenters. The van der Waals surface area contributed by atoms with Gasteiger partial charge >= 0.3 is 0 Å². The van der Waals surface area contributed by atoms with Crippen molar-refractivity contribution in [2.45, 2.75) is 0 Å². The van der Waals surface area contributed by atoms with E-state index in [0.29, 0.717) is 0 Å². The number of aromatic nitrogens is 2. The molecule has 0 N–H and O–H groups in total. The summed E-state index contributed by atoms with van der Waals surface area (Å²) in [6.07, 6.45) is 1.82. The van der Waals surface area contributed by atoms with Gasteiger partial charge in [-0.15, -0.1) is 11.3 Å². The predicted octanol–water partition coefficient (Wildman–Crippen LogP) is 2.30. The smallest absolute Gasteiger partial charge is 0.170 e. The zero-order valence-electron chi connectivity index (χ0n) is 4.91. The molecule has 4 heteroatoms. The predicted molar refractivity (Wildman–Crippen MR) is 50.1 cm³/mol.